The van der Waals surface area contributed by atoms with Crippen molar-refractivity contribution < 1.29 is 19.1 Å². The van der Waals surface area contributed by atoms with Gasteiger partial charge < -0.3 is 20.1 Å². The second kappa shape index (κ2) is 10.8. The van der Waals surface area contributed by atoms with Crippen LogP contribution in [0.4, 0.5) is 0 Å². The van der Waals surface area contributed by atoms with Gasteiger partial charge in [-0.05, 0) is 25.5 Å². The fourth-order valence-corrected chi connectivity index (χ4v) is 2.24. The first-order valence-electron chi connectivity index (χ1n) is 8.55. The Labute approximate surface area is 154 Å². The van der Waals surface area contributed by atoms with Crippen LogP contribution < -0.4 is 20.1 Å². The van der Waals surface area contributed by atoms with Gasteiger partial charge in [-0.25, -0.2) is 0 Å². The highest BCUT2D eigenvalue weighted by atomic mass is 35.5. The Morgan fingerprint density at radius 2 is 1.80 bits per heavy atom. The fraction of sp³-hybridized carbons (Fsp3) is 0.556. The first-order chi connectivity index (χ1) is 11.9. The van der Waals surface area contributed by atoms with Crippen LogP contribution in [-0.2, 0) is 4.79 Å². The summed E-state index contributed by atoms with van der Waals surface area (Å²) in [7, 11) is 0. The van der Waals surface area contributed by atoms with E-state index in [9.17, 15) is 9.59 Å². The van der Waals surface area contributed by atoms with Crippen molar-refractivity contribution in [2.24, 2.45) is 5.92 Å². The van der Waals surface area contributed by atoms with Gasteiger partial charge in [-0.15, -0.1) is 0 Å². The molecule has 1 aromatic rings. The maximum absolute atomic E-state index is 12.3. The molecule has 140 valence electrons. The van der Waals surface area contributed by atoms with E-state index in [2.05, 4.69) is 10.6 Å². The summed E-state index contributed by atoms with van der Waals surface area (Å²) < 4.78 is 11.2. The van der Waals surface area contributed by atoms with Gasteiger partial charge in [0.2, 0.25) is 5.91 Å². The minimum Gasteiger partial charge on any atom is -0.490 e. The second-order valence-corrected chi connectivity index (χ2v) is 6.18. The topological polar surface area (TPSA) is 76.7 Å². The van der Waals surface area contributed by atoms with Gasteiger partial charge >= 0.3 is 0 Å². The van der Waals surface area contributed by atoms with Gasteiger partial charge in [0.15, 0.2) is 11.5 Å². The highest BCUT2D eigenvalue weighted by Gasteiger charge is 2.16. The smallest absolute Gasteiger partial charge is 0.251 e. The Morgan fingerprint density at radius 3 is 2.40 bits per heavy atom. The van der Waals surface area contributed by atoms with Gasteiger partial charge in [-0.1, -0.05) is 32.4 Å². The van der Waals surface area contributed by atoms with Crippen molar-refractivity contribution in [2.45, 2.75) is 34.1 Å². The number of ether oxygens (including phenoxy) is 2. The normalized spacial score (nSPS) is 10.5. The molecule has 0 aliphatic carbocycles. The summed E-state index contributed by atoms with van der Waals surface area (Å²) in [5.74, 6) is 0.476. The number of amides is 2. The van der Waals surface area contributed by atoms with Gasteiger partial charge in [-0.2, -0.15) is 0 Å². The third-order valence-corrected chi connectivity index (χ3v) is 3.54. The van der Waals surface area contributed by atoms with Crippen molar-refractivity contribution in [3.8, 4) is 11.5 Å². The van der Waals surface area contributed by atoms with E-state index in [1.165, 1.54) is 0 Å². The molecule has 0 saturated carbocycles. The molecule has 0 bridgehead atoms. The number of benzene rings is 1. The molecule has 0 spiro atoms. The van der Waals surface area contributed by atoms with E-state index in [1.54, 1.807) is 12.1 Å². The minimum atomic E-state index is -0.288. The first-order valence-corrected chi connectivity index (χ1v) is 8.93. The Bertz CT molecular complexity index is 591. The number of halogens is 1. The number of nitrogens with one attached hydrogen (secondary N) is 2. The molecule has 0 aliphatic rings. The summed E-state index contributed by atoms with van der Waals surface area (Å²) in [6, 6.07) is 3.17. The van der Waals surface area contributed by atoms with Crippen molar-refractivity contribution in [2.75, 3.05) is 26.3 Å². The zero-order valence-electron chi connectivity index (χ0n) is 15.3. The van der Waals surface area contributed by atoms with Crippen LogP contribution in [0.5, 0.6) is 11.5 Å². The second-order valence-electron chi connectivity index (χ2n) is 5.77. The highest BCUT2D eigenvalue weighted by molar-refractivity contribution is 6.32. The number of carbonyl (C=O) groups is 2. The van der Waals surface area contributed by atoms with Crippen LogP contribution in [0.2, 0.25) is 5.02 Å². The van der Waals surface area contributed by atoms with Gasteiger partial charge in [0.1, 0.15) is 0 Å². The summed E-state index contributed by atoms with van der Waals surface area (Å²) in [5, 5.41) is 5.81. The molecule has 0 aromatic heterocycles. The molecule has 0 saturated heterocycles. The third-order valence-electron chi connectivity index (χ3n) is 3.26. The Hall–Kier alpha value is -1.95. The van der Waals surface area contributed by atoms with Gasteiger partial charge in [-0.3, -0.25) is 9.59 Å². The Balaban J connectivity index is 2.73. The molecular weight excluding hydrogens is 344 g/mol. The molecule has 0 aliphatic heterocycles. The molecule has 1 rings (SSSR count). The summed E-state index contributed by atoms with van der Waals surface area (Å²) in [6.07, 6.45) is 0.840. The monoisotopic (exact) mass is 370 g/mol. The van der Waals surface area contributed by atoms with Crippen LogP contribution in [-0.4, -0.2) is 38.1 Å². The van der Waals surface area contributed by atoms with E-state index in [0.717, 1.165) is 6.42 Å². The average molecular weight is 371 g/mol. The Morgan fingerprint density at radius 1 is 1.12 bits per heavy atom. The highest BCUT2D eigenvalue weighted by Crippen LogP contribution is 2.36. The summed E-state index contributed by atoms with van der Waals surface area (Å²) in [5.41, 5.74) is 0.382. The molecular formula is C18H27ClN2O4. The molecule has 0 radical (unpaired) electrons. The zero-order valence-corrected chi connectivity index (χ0v) is 16.0. The van der Waals surface area contributed by atoms with E-state index in [0.29, 0.717) is 48.4 Å². The van der Waals surface area contributed by atoms with Crippen molar-refractivity contribution in [1.29, 1.82) is 0 Å². The lowest BCUT2D eigenvalue weighted by atomic mass is 10.2. The average Bonchev–Trinajstić information content (AvgIpc) is 2.57. The number of hydrogen-bond donors (Lipinski definition) is 2. The predicted octanol–water partition coefficient (Wildman–Crippen LogP) is 3.03. The maximum Gasteiger partial charge on any atom is 0.251 e. The molecule has 0 atom stereocenters. The largest absolute Gasteiger partial charge is 0.490 e. The van der Waals surface area contributed by atoms with Crippen molar-refractivity contribution in [3.63, 3.8) is 0 Å². The molecule has 0 unspecified atom stereocenters. The van der Waals surface area contributed by atoms with Crippen LogP contribution >= 0.6 is 11.6 Å². The molecule has 25 heavy (non-hydrogen) atoms. The summed E-state index contributed by atoms with van der Waals surface area (Å²) >= 11 is 6.25. The molecule has 7 heteroatoms. The summed E-state index contributed by atoms with van der Waals surface area (Å²) in [4.78, 5) is 23.7. The first kappa shape index (κ1) is 21.1. The molecule has 2 amide bonds. The van der Waals surface area contributed by atoms with Crippen LogP contribution in [0.25, 0.3) is 0 Å². The van der Waals surface area contributed by atoms with Crippen LogP contribution in [0, 0.1) is 5.92 Å². The van der Waals surface area contributed by atoms with Crippen LogP contribution in [0.1, 0.15) is 44.5 Å². The third kappa shape index (κ3) is 6.82. The fourth-order valence-electron chi connectivity index (χ4n) is 1.97. The molecule has 0 heterocycles. The quantitative estimate of drug-likeness (QED) is 0.621. The van der Waals surface area contributed by atoms with Crippen LogP contribution in [0.3, 0.4) is 0 Å². The summed E-state index contributed by atoms with van der Waals surface area (Å²) in [6.45, 7) is 9.11. The van der Waals surface area contributed by atoms with Gasteiger partial charge in [0.25, 0.3) is 5.91 Å². The van der Waals surface area contributed by atoms with Gasteiger partial charge in [0, 0.05) is 24.6 Å². The van der Waals surface area contributed by atoms with Crippen molar-refractivity contribution >= 4 is 23.4 Å². The van der Waals surface area contributed by atoms with Crippen molar-refractivity contribution in [3.05, 3.63) is 22.7 Å². The lowest BCUT2D eigenvalue weighted by Crippen LogP contribution is -2.36. The van der Waals surface area contributed by atoms with Crippen molar-refractivity contribution in [1.82, 2.24) is 10.6 Å². The van der Waals surface area contributed by atoms with Gasteiger partial charge in [0.05, 0.1) is 18.2 Å². The van der Waals surface area contributed by atoms with E-state index < -0.39 is 0 Å². The SMILES string of the molecule is CCCOc1c(Cl)cc(C(=O)NCCNC(=O)C(C)C)cc1OCC. The van der Waals surface area contributed by atoms with Crippen LogP contribution in [0.15, 0.2) is 12.1 Å². The number of carbonyl (C=O) groups excluding carboxylic acids is 2. The zero-order chi connectivity index (χ0) is 18.8. The lowest BCUT2D eigenvalue weighted by Gasteiger charge is -2.15. The molecule has 2 N–H and O–H groups in total. The molecule has 0 fully saturated rings. The Kier molecular flexibility index (Phi) is 9.13. The lowest BCUT2D eigenvalue weighted by molar-refractivity contribution is -0.123. The van der Waals surface area contributed by atoms with E-state index in [1.807, 2.05) is 27.7 Å². The van der Waals surface area contributed by atoms with E-state index in [-0.39, 0.29) is 17.7 Å². The number of hydrogen-bond acceptors (Lipinski definition) is 4. The predicted molar refractivity (Wildman–Crippen MR) is 98.6 cm³/mol. The maximum atomic E-state index is 12.3. The molecule has 1 aromatic carbocycles. The van der Waals surface area contributed by atoms with E-state index in [4.69, 9.17) is 21.1 Å². The molecule has 6 nitrogen and oxygen atoms in total. The van der Waals surface area contributed by atoms with E-state index >= 15 is 0 Å². The minimum absolute atomic E-state index is 0.0478. The standard InChI is InChI=1S/C18H27ClN2O4/c1-5-9-25-16-14(19)10-13(11-15(16)24-6-2)18(23)21-8-7-20-17(22)12(3)4/h10-12H,5-9H2,1-4H3,(H,20,22)(H,21,23). The number of rotatable bonds is 10.